The van der Waals surface area contributed by atoms with Crippen LogP contribution < -0.4 is 15.4 Å². The van der Waals surface area contributed by atoms with Crippen molar-refractivity contribution in [3.05, 3.63) is 29.8 Å². The van der Waals surface area contributed by atoms with Crippen molar-refractivity contribution in [1.82, 2.24) is 10.6 Å². The zero-order chi connectivity index (χ0) is 14.6. The van der Waals surface area contributed by atoms with Gasteiger partial charge in [-0.1, -0.05) is 32.9 Å². The van der Waals surface area contributed by atoms with E-state index in [4.69, 9.17) is 4.74 Å². The van der Waals surface area contributed by atoms with E-state index in [9.17, 15) is 4.79 Å². The first kappa shape index (κ1) is 17.8. The first-order valence-corrected chi connectivity index (χ1v) is 7.16. The predicted molar refractivity (Wildman–Crippen MR) is 87.3 cm³/mol. The third-order valence-corrected chi connectivity index (χ3v) is 3.54. The van der Waals surface area contributed by atoms with Crippen molar-refractivity contribution in [3.63, 3.8) is 0 Å². The quantitative estimate of drug-likeness (QED) is 0.875. The summed E-state index contributed by atoms with van der Waals surface area (Å²) < 4.78 is 5.49. The van der Waals surface area contributed by atoms with Gasteiger partial charge in [0.1, 0.15) is 5.75 Å². The molecule has 2 N–H and O–H groups in total. The van der Waals surface area contributed by atoms with Crippen LogP contribution in [0, 0.1) is 5.92 Å². The van der Waals surface area contributed by atoms with Crippen LogP contribution in [0.4, 0.5) is 0 Å². The van der Waals surface area contributed by atoms with Crippen LogP contribution in [0.3, 0.4) is 0 Å². The lowest BCUT2D eigenvalue weighted by molar-refractivity contribution is -0.123. The second kappa shape index (κ2) is 7.66. The fraction of sp³-hybridized carbons (Fsp3) is 0.562. The third-order valence-electron chi connectivity index (χ3n) is 3.54. The topological polar surface area (TPSA) is 50.4 Å². The number of rotatable bonds is 5. The molecule has 0 atom stereocenters. The van der Waals surface area contributed by atoms with E-state index in [0.717, 1.165) is 25.4 Å². The van der Waals surface area contributed by atoms with Gasteiger partial charge in [0.25, 0.3) is 5.91 Å². The van der Waals surface area contributed by atoms with Gasteiger partial charge in [-0.25, -0.2) is 0 Å². The van der Waals surface area contributed by atoms with E-state index in [2.05, 4.69) is 31.4 Å². The fourth-order valence-electron chi connectivity index (χ4n) is 2.00. The first-order valence-electron chi connectivity index (χ1n) is 7.16. The number of ether oxygens (including phenoxy) is 1. The van der Waals surface area contributed by atoms with Crippen molar-refractivity contribution in [2.75, 3.05) is 26.2 Å². The summed E-state index contributed by atoms with van der Waals surface area (Å²) in [7, 11) is 0. The predicted octanol–water partition coefficient (Wildman–Crippen LogP) is 2.12. The van der Waals surface area contributed by atoms with Crippen LogP contribution in [0.2, 0.25) is 0 Å². The Morgan fingerprint density at radius 2 is 1.90 bits per heavy atom. The summed E-state index contributed by atoms with van der Waals surface area (Å²) in [6.45, 7) is 9.32. The van der Waals surface area contributed by atoms with Gasteiger partial charge in [0, 0.05) is 25.6 Å². The molecule has 0 aliphatic carbocycles. The lowest BCUT2D eigenvalue weighted by atomic mass is 9.87. The van der Waals surface area contributed by atoms with Gasteiger partial charge in [-0.15, -0.1) is 12.4 Å². The van der Waals surface area contributed by atoms with E-state index >= 15 is 0 Å². The van der Waals surface area contributed by atoms with E-state index in [-0.39, 0.29) is 30.3 Å². The first-order chi connectivity index (χ1) is 9.45. The minimum atomic E-state index is -0.0585. The molecule has 0 radical (unpaired) electrons. The van der Waals surface area contributed by atoms with Gasteiger partial charge >= 0.3 is 0 Å². The monoisotopic (exact) mass is 312 g/mol. The summed E-state index contributed by atoms with van der Waals surface area (Å²) in [5, 5.41) is 6.06. The Kier molecular flexibility index (Phi) is 6.49. The van der Waals surface area contributed by atoms with Gasteiger partial charge < -0.3 is 15.4 Å². The molecule has 1 aliphatic rings. The molecule has 4 nitrogen and oxygen atoms in total. The van der Waals surface area contributed by atoms with Crippen LogP contribution in [0.25, 0.3) is 0 Å². The van der Waals surface area contributed by atoms with E-state index in [1.54, 1.807) is 0 Å². The molecule has 118 valence electrons. The summed E-state index contributed by atoms with van der Waals surface area (Å²) >= 11 is 0. The molecule has 21 heavy (non-hydrogen) atoms. The van der Waals surface area contributed by atoms with Gasteiger partial charge in [-0.05, 0) is 23.1 Å². The third kappa shape index (κ3) is 5.56. The average Bonchev–Trinajstić information content (AvgIpc) is 2.34. The lowest BCUT2D eigenvalue weighted by Crippen LogP contribution is -2.48. The van der Waals surface area contributed by atoms with Gasteiger partial charge in [-0.2, -0.15) is 0 Å². The summed E-state index contributed by atoms with van der Waals surface area (Å²) in [6, 6.07) is 7.94. The summed E-state index contributed by atoms with van der Waals surface area (Å²) in [4.78, 5) is 11.6. The molecule has 1 aliphatic heterocycles. The van der Waals surface area contributed by atoms with Crippen molar-refractivity contribution in [3.8, 4) is 5.75 Å². The van der Waals surface area contributed by atoms with Crippen LogP contribution in [-0.4, -0.2) is 32.1 Å². The van der Waals surface area contributed by atoms with Crippen LogP contribution >= 0.6 is 12.4 Å². The van der Waals surface area contributed by atoms with Crippen LogP contribution in [-0.2, 0) is 10.2 Å². The molecule has 0 aromatic heterocycles. The number of hydrogen-bond acceptors (Lipinski definition) is 3. The van der Waals surface area contributed by atoms with Gasteiger partial charge in [0.05, 0.1) is 0 Å². The normalized spacial score (nSPS) is 14.8. The fourth-order valence-corrected chi connectivity index (χ4v) is 2.00. The standard InChI is InChI=1S/C16H24N2O2.ClH/c1-16(2,3)13-4-6-14(7-5-13)20-11-15(19)18-10-12-8-17-9-12;/h4-7,12,17H,8-11H2,1-3H3,(H,18,19);1H. The molecule has 1 heterocycles. The second-order valence-corrected chi connectivity index (χ2v) is 6.39. The zero-order valence-corrected chi connectivity index (χ0v) is 13.8. The Morgan fingerprint density at radius 1 is 1.29 bits per heavy atom. The number of benzene rings is 1. The van der Waals surface area contributed by atoms with Gasteiger partial charge in [0.15, 0.2) is 6.61 Å². The number of nitrogens with one attached hydrogen (secondary N) is 2. The van der Waals surface area contributed by atoms with Crippen molar-refractivity contribution in [2.45, 2.75) is 26.2 Å². The maximum absolute atomic E-state index is 11.6. The molecule has 0 spiro atoms. The van der Waals surface area contributed by atoms with Gasteiger partial charge in [0.2, 0.25) is 0 Å². The Hall–Kier alpha value is -1.26. The van der Waals surface area contributed by atoms with E-state index < -0.39 is 0 Å². The number of halogens is 1. The van der Waals surface area contributed by atoms with E-state index in [1.165, 1.54) is 5.56 Å². The SMILES string of the molecule is CC(C)(C)c1ccc(OCC(=O)NCC2CNC2)cc1.Cl. The number of hydrogen-bond donors (Lipinski definition) is 2. The van der Waals surface area contributed by atoms with Crippen LogP contribution in [0.15, 0.2) is 24.3 Å². The average molecular weight is 313 g/mol. The molecule has 1 fully saturated rings. The highest BCUT2D eigenvalue weighted by Crippen LogP contribution is 2.24. The Balaban J connectivity index is 0.00000220. The van der Waals surface area contributed by atoms with E-state index in [1.807, 2.05) is 24.3 Å². The van der Waals surface area contributed by atoms with Gasteiger partial charge in [-0.3, -0.25) is 4.79 Å². The number of amides is 1. The van der Waals surface area contributed by atoms with Crippen molar-refractivity contribution < 1.29 is 9.53 Å². The Labute approximate surface area is 133 Å². The highest BCUT2D eigenvalue weighted by atomic mass is 35.5. The molecule has 0 saturated carbocycles. The highest BCUT2D eigenvalue weighted by molar-refractivity contribution is 5.85. The summed E-state index contributed by atoms with van der Waals surface area (Å²) in [5.74, 6) is 1.25. The number of carbonyl (C=O) groups excluding carboxylic acids is 1. The highest BCUT2D eigenvalue weighted by Gasteiger charge is 2.17. The minimum absolute atomic E-state index is 0. The summed E-state index contributed by atoms with van der Waals surface area (Å²) in [6.07, 6.45) is 0. The number of carbonyl (C=O) groups is 1. The largest absolute Gasteiger partial charge is 0.484 e. The summed E-state index contributed by atoms with van der Waals surface area (Å²) in [5.41, 5.74) is 1.39. The Bertz CT molecular complexity index is 450. The van der Waals surface area contributed by atoms with Crippen molar-refractivity contribution in [2.24, 2.45) is 5.92 Å². The molecule has 0 unspecified atom stereocenters. The maximum Gasteiger partial charge on any atom is 0.257 e. The van der Waals surface area contributed by atoms with E-state index in [0.29, 0.717) is 5.92 Å². The molecule has 5 heteroatoms. The second-order valence-electron chi connectivity index (χ2n) is 6.39. The molecule has 1 amide bonds. The lowest BCUT2D eigenvalue weighted by Gasteiger charge is -2.27. The molecular weight excluding hydrogens is 288 g/mol. The minimum Gasteiger partial charge on any atom is -0.484 e. The molecule has 1 saturated heterocycles. The van der Waals surface area contributed by atoms with Crippen LogP contribution in [0.5, 0.6) is 5.75 Å². The molecule has 1 aromatic rings. The molecule has 0 bridgehead atoms. The van der Waals surface area contributed by atoms with Crippen molar-refractivity contribution in [1.29, 1.82) is 0 Å². The van der Waals surface area contributed by atoms with Crippen LogP contribution in [0.1, 0.15) is 26.3 Å². The molecule has 2 rings (SSSR count). The molecular formula is C16H25ClN2O2. The zero-order valence-electron chi connectivity index (χ0n) is 12.9. The molecule has 1 aromatic carbocycles. The van der Waals surface area contributed by atoms with Crippen molar-refractivity contribution >= 4 is 18.3 Å². The Morgan fingerprint density at radius 3 is 2.38 bits per heavy atom. The maximum atomic E-state index is 11.6. The smallest absolute Gasteiger partial charge is 0.257 e.